The van der Waals surface area contributed by atoms with Crippen LogP contribution in [0.3, 0.4) is 0 Å². The number of thiophene rings is 2. The highest BCUT2D eigenvalue weighted by Crippen LogP contribution is 2.47. The minimum Gasteiger partial charge on any atom is -0.241 e. The molecule has 3 heteroatoms. The zero-order valence-corrected chi connectivity index (χ0v) is 15.2. The lowest BCUT2D eigenvalue weighted by Gasteiger charge is -2.24. The molecule has 0 aliphatic heterocycles. The fourth-order valence-electron chi connectivity index (χ4n) is 4.42. The second-order valence-electron chi connectivity index (χ2n) is 7.01. The van der Waals surface area contributed by atoms with Crippen molar-refractivity contribution < 1.29 is 0 Å². The molecule has 0 amide bonds. The smallest absolute Gasteiger partial charge is 0.124 e. The summed E-state index contributed by atoms with van der Waals surface area (Å²) in [5.41, 5.74) is 6.13. The van der Waals surface area contributed by atoms with Crippen LogP contribution in [0.2, 0.25) is 0 Å². The molecular weight excluding hydrogens is 318 g/mol. The van der Waals surface area contributed by atoms with Crippen LogP contribution in [0, 0.1) is 0 Å². The van der Waals surface area contributed by atoms with Gasteiger partial charge in [-0.05, 0) is 73.4 Å². The zero-order chi connectivity index (χ0) is 15.4. The Bertz CT molecular complexity index is 873. The fourth-order valence-corrected chi connectivity index (χ4v) is 6.50. The second kappa shape index (κ2) is 5.42. The third kappa shape index (κ3) is 2.13. The van der Waals surface area contributed by atoms with E-state index < -0.39 is 0 Å². The van der Waals surface area contributed by atoms with Crippen LogP contribution in [0.5, 0.6) is 0 Å². The Kier molecular flexibility index (Phi) is 3.34. The van der Waals surface area contributed by atoms with E-state index in [0.29, 0.717) is 5.92 Å². The molecule has 118 valence electrons. The molecule has 0 N–H and O–H groups in total. The average molecular weight is 340 g/mol. The van der Waals surface area contributed by atoms with E-state index in [4.69, 9.17) is 4.98 Å². The van der Waals surface area contributed by atoms with E-state index in [1.807, 2.05) is 22.7 Å². The number of hydrogen-bond acceptors (Lipinski definition) is 3. The first-order chi connectivity index (χ1) is 11.3. The predicted octanol–water partition coefficient (Wildman–Crippen LogP) is 6.34. The van der Waals surface area contributed by atoms with E-state index in [1.54, 1.807) is 21.6 Å². The molecule has 0 radical (unpaired) electrons. The number of aryl methyl sites for hydroxylation is 2. The molecule has 0 bridgehead atoms. The third-order valence-electron chi connectivity index (χ3n) is 5.53. The van der Waals surface area contributed by atoms with Crippen LogP contribution in [-0.4, -0.2) is 4.98 Å². The van der Waals surface area contributed by atoms with Crippen LogP contribution in [0.4, 0.5) is 0 Å². The Hall–Kier alpha value is -1.19. The van der Waals surface area contributed by atoms with E-state index in [2.05, 4.69) is 24.4 Å². The first-order valence-corrected chi connectivity index (χ1v) is 10.5. The SMILES string of the molecule is C[C@@H]1CCCc2c1nc1sc3c(c1c2-c1cccs1)CCCC3. The molecule has 23 heavy (non-hydrogen) atoms. The van der Waals surface area contributed by atoms with Gasteiger partial charge in [0.2, 0.25) is 0 Å². The molecule has 3 aromatic rings. The Morgan fingerprint density at radius 1 is 1.09 bits per heavy atom. The maximum absolute atomic E-state index is 5.20. The number of nitrogens with zero attached hydrogens (tertiary/aromatic N) is 1. The predicted molar refractivity (Wildman–Crippen MR) is 101 cm³/mol. The van der Waals surface area contributed by atoms with Gasteiger partial charge in [0.05, 0.1) is 0 Å². The van der Waals surface area contributed by atoms with E-state index >= 15 is 0 Å². The third-order valence-corrected chi connectivity index (χ3v) is 7.61. The van der Waals surface area contributed by atoms with Crippen molar-refractivity contribution in [1.29, 1.82) is 0 Å². The van der Waals surface area contributed by atoms with Crippen LogP contribution < -0.4 is 0 Å². The number of hydrogen-bond donors (Lipinski definition) is 0. The summed E-state index contributed by atoms with van der Waals surface area (Å²) in [6, 6.07) is 4.51. The quantitative estimate of drug-likeness (QED) is 0.504. The maximum atomic E-state index is 5.20. The molecular formula is C20H21NS2. The first-order valence-electron chi connectivity index (χ1n) is 8.84. The zero-order valence-electron chi connectivity index (χ0n) is 13.5. The van der Waals surface area contributed by atoms with Gasteiger partial charge in [-0.15, -0.1) is 22.7 Å². The highest BCUT2D eigenvalue weighted by Gasteiger charge is 2.28. The molecule has 0 saturated carbocycles. The highest BCUT2D eigenvalue weighted by molar-refractivity contribution is 7.19. The molecule has 0 unspecified atom stereocenters. The topological polar surface area (TPSA) is 12.9 Å². The lowest BCUT2D eigenvalue weighted by atomic mass is 9.83. The first kappa shape index (κ1) is 14.2. The highest BCUT2D eigenvalue weighted by atomic mass is 32.1. The van der Waals surface area contributed by atoms with Crippen molar-refractivity contribution in [3.05, 3.63) is 39.2 Å². The van der Waals surface area contributed by atoms with Crippen molar-refractivity contribution in [1.82, 2.24) is 4.98 Å². The van der Waals surface area contributed by atoms with Gasteiger partial charge < -0.3 is 0 Å². The molecule has 3 heterocycles. The van der Waals surface area contributed by atoms with Crippen molar-refractivity contribution in [2.45, 2.75) is 57.8 Å². The van der Waals surface area contributed by atoms with Gasteiger partial charge in [-0.3, -0.25) is 0 Å². The van der Waals surface area contributed by atoms with Gasteiger partial charge in [0.25, 0.3) is 0 Å². The van der Waals surface area contributed by atoms with Crippen molar-refractivity contribution in [2.75, 3.05) is 0 Å². The molecule has 3 aromatic heterocycles. The Morgan fingerprint density at radius 2 is 1.96 bits per heavy atom. The van der Waals surface area contributed by atoms with Crippen LogP contribution in [0.15, 0.2) is 17.5 Å². The van der Waals surface area contributed by atoms with E-state index in [9.17, 15) is 0 Å². The molecule has 1 atom stereocenters. The van der Waals surface area contributed by atoms with E-state index in [-0.39, 0.29) is 0 Å². The van der Waals surface area contributed by atoms with Gasteiger partial charge in [0.1, 0.15) is 4.83 Å². The van der Waals surface area contributed by atoms with Gasteiger partial charge >= 0.3 is 0 Å². The fraction of sp³-hybridized carbons (Fsp3) is 0.450. The number of rotatable bonds is 1. The van der Waals surface area contributed by atoms with Gasteiger partial charge in [-0.2, -0.15) is 0 Å². The average Bonchev–Trinajstić information content (AvgIpc) is 3.21. The van der Waals surface area contributed by atoms with Crippen molar-refractivity contribution in [3.8, 4) is 10.4 Å². The van der Waals surface area contributed by atoms with Crippen LogP contribution in [-0.2, 0) is 19.3 Å². The van der Waals surface area contributed by atoms with Gasteiger partial charge in [0, 0.05) is 26.4 Å². The van der Waals surface area contributed by atoms with Crippen LogP contribution >= 0.6 is 22.7 Å². The molecule has 2 aliphatic rings. The van der Waals surface area contributed by atoms with Crippen molar-refractivity contribution in [2.24, 2.45) is 0 Å². The van der Waals surface area contributed by atoms with Crippen LogP contribution in [0.25, 0.3) is 20.7 Å². The molecule has 0 fully saturated rings. The molecule has 0 saturated heterocycles. The van der Waals surface area contributed by atoms with Crippen LogP contribution in [0.1, 0.15) is 60.2 Å². The summed E-state index contributed by atoms with van der Waals surface area (Å²) in [7, 11) is 0. The number of pyridine rings is 1. The molecule has 0 spiro atoms. The summed E-state index contributed by atoms with van der Waals surface area (Å²) in [5, 5.41) is 3.74. The second-order valence-corrected chi connectivity index (χ2v) is 9.04. The Balaban J connectivity index is 1.91. The van der Waals surface area contributed by atoms with Gasteiger partial charge in [-0.1, -0.05) is 13.0 Å². The van der Waals surface area contributed by atoms with E-state index in [0.717, 1.165) is 0 Å². The van der Waals surface area contributed by atoms with E-state index in [1.165, 1.54) is 65.7 Å². The number of aromatic nitrogens is 1. The molecule has 0 aromatic carbocycles. The normalized spacial score (nSPS) is 20.5. The minimum absolute atomic E-state index is 0.612. The maximum Gasteiger partial charge on any atom is 0.124 e. The summed E-state index contributed by atoms with van der Waals surface area (Å²) in [5.74, 6) is 0.612. The lowest BCUT2D eigenvalue weighted by molar-refractivity contribution is 0.577. The summed E-state index contributed by atoms with van der Waals surface area (Å²) in [6.45, 7) is 2.36. The lowest BCUT2D eigenvalue weighted by Crippen LogP contribution is -2.11. The summed E-state index contributed by atoms with van der Waals surface area (Å²) < 4.78 is 0. The standard InChI is InChI=1S/C20H21NS2/c1-12-6-4-8-14-17(16-10-5-11-22-16)18-13-7-2-3-9-15(13)23-20(18)21-19(12)14/h5,10-12H,2-4,6-9H2,1H3/t12-/m1/s1. The number of fused-ring (bicyclic) bond motifs is 4. The minimum atomic E-state index is 0.612. The summed E-state index contributed by atoms with van der Waals surface area (Å²) in [6.07, 6.45) is 9.03. The summed E-state index contributed by atoms with van der Waals surface area (Å²) >= 11 is 3.88. The van der Waals surface area contributed by atoms with Crippen molar-refractivity contribution in [3.63, 3.8) is 0 Å². The van der Waals surface area contributed by atoms with Gasteiger partial charge in [0.15, 0.2) is 0 Å². The molecule has 2 aliphatic carbocycles. The molecule has 1 nitrogen and oxygen atoms in total. The summed E-state index contributed by atoms with van der Waals surface area (Å²) in [4.78, 5) is 9.58. The Labute approximate surface area is 145 Å². The van der Waals surface area contributed by atoms with Gasteiger partial charge in [-0.25, -0.2) is 4.98 Å². The molecule has 5 rings (SSSR count). The van der Waals surface area contributed by atoms with Crippen molar-refractivity contribution >= 4 is 32.9 Å². The Morgan fingerprint density at radius 3 is 2.83 bits per heavy atom. The largest absolute Gasteiger partial charge is 0.241 e. The monoisotopic (exact) mass is 339 g/mol.